The molecule has 0 saturated heterocycles. The van der Waals surface area contributed by atoms with Gasteiger partial charge in [0.2, 0.25) is 0 Å². The highest BCUT2D eigenvalue weighted by Gasteiger charge is 2.27. The Balaban J connectivity index is 1.83. The van der Waals surface area contributed by atoms with E-state index >= 15 is 0 Å². The molecule has 0 aliphatic carbocycles. The van der Waals surface area contributed by atoms with Crippen molar-refractivity contribution < 1.29 is 27.5 Å². The minimum atomic E-state index is -0.795. The molecule has 4 aromatic rings. The second kappa shape index (κ2) is 8.11. The number of para-hydroxylation sites is 1. The molecule has 0 saturated carbocycles. The molecule has 6 nitrogen and oxygen atoms in total. The summed E-state index contributed by atoms with van der Waals surface area (Å²) < 4.78 is 44.1. The Morgan fingerprint density at radius 3 is 2.70 bits per heavy atom. The Kier molecular flexibility index (Phi) is 5.37. The van der Waals surface area contributed by atoms with E-state index in [0.717, 1.165) is 17.4 Å². The van der Waals surface area contributed by atoms with E-state index in [0.29, 0.717) is 11.5 Å². The summed E-state index contributed by atoms with van der Waals surface area (Å²) in [5, 5.41) is 0.195. The number of aromatic nitrogens is 1. The van der Waals surface area contributed by atoms with Gasteiger partial charge in [0.25, 0.3) is 5.91 Å². The lowest BCUT2D eigenvalue weighted by molar-refractivity contribution is 0.0979. The number of carbonyl (C=O) groups excluding carboxylic acids is 1. The molecule has 0 N–H and O–H groups in total. The zero-order valence-corrected chi connectivity index (χ0v) is 16.8. The number of rotatable bonds is 6. The van der Waals surface area contributed by atoms with Crippen LogP contribution in [0.1, 0.15) is 16.1 Å². The molecular formula is C21H16F2N2O4S. The lowest BCUT2D eigenvalue weighted by Gasteiger charge is -2.20. The van der Waals surface area contributed by atoms with Gasteiger partial charge < -0.3 is 13.9 Å². The maximum absolute atomic E-state index is 14.2. The van der Waals surface area contributed by atoms with Gasteiger partial charge in [-0.2, -0.15) is 0 Å². The average molecular weight is 430 g/mol. The number of halogens is 2. The first-order chi connectivity index (χ1) is 14.5. The molecule has 0 spiro atoms. The number of amides is 1. The summed E-state index contributed by atoms with van der Waals surface area (Å²) >= 11 is 1.00. The minimum Gasteiger partial charge on any atom is -0.493 e. The van der Waals surface area contributed by atoms with Crippen molar-refractivity contribution in [2.75, 3.05) is 19.1 Å². The van der Waals surface area contributed by atoms with Crippen LogP contribution in [0.2, 0.25) is 0 Å². The topological polar surface area (TPSA) is 64.8 Å². The highest BCUT2D eigenvalue weighted by Crippen LogP contribution is 2.36. The van der Waals surface area contributed by atoms with Gasteiger partial charge >= 0.3 is 0 Å². The van der Waals surface area contributed by atoms with Gasteiger partial charge in [-0.25, -0.2) is 13.8 Å². The lowest BCUT2D eigenvalue weighted by atomic mass is 10.1. The van der Waals surface area contributed by atoms with Gasteiger partial charge in [-0.05, 0) is 30.3 Å². The highest BCUT2D eigenvalue weighted by molar-refractivity contribution is 7.22. The molecule has 2 aromatic carbocycles. The highest BCUT2D eigenvalue weighted by atomic mass is 32.1. The molecule has 154 valence electrons. The molecule has 0 unspecified atom stereocenters. The van der Waals surface area contributed by atoms with Crippen molar-refractivity contribution in [3.63, 3.8) is 0 Å². The van der Waals surface area contributed by atoms with Crippen LogP contribution in [0.4, 0.5) is 13.9 Å². The number of carbonyl (C=O) groups is 1. The zero-order valence-electron chi connectivity index (χ0n) is 16.0. The summed E-state index contributed by atoms with van der Waals surface area (Å²) in [6.07, 6.45) is 1.48. The summed E-state index contributed by atoms with van der Waals surface area (Å²) in [7, 11) is 2.90. The Morgan fingerprint density at radius 1 is 1.17 bits per heavy atom. The van der Waals surface area contributed by atoms with Gasteiger partial charge in [0.05, 0.1) is 37.3 Å². The normalized spacial score (nSPS) is 10.9. The molecule has 2 aromatic heterocycles. The Hall–Kier alpha value is -3.46. The van der Waals surface area contributed by atoms with E-state index in [-0.39, 0.29) is 33.2 Å². The Morgan fingerprint density at radius 2 is 2.00 bits per heavy atom. The number of fused-ring (bicyclic) bond motifs is 1. The maximum atomic E-state index is 14.2. The van der Waals surface area contributed by atoms with E-state index < -0.39 is 17.5 Å². The van der Waals surface area contributed by atoms with Crippen molar-refractivity contribution in [1.82, 2.24) is 4.98 Å². The van der Waals surface area contributed by atoms with Gasteiger partial charge in [0.1, 0.15) is 17.1 Å². The van der Waals surface area contributed by atoms with Gasteiger partial charge in [0, 0.05) is 6.07 Å². The number of nitrogens with zero attached hydrogens (tertiary/aromatic N) is 2. The first-order valence-electron chi connectivity index (χ1n) is 8.82. The molecular weight excluding hydrogens is 414 g/mol. The fourth-order valence-corrected chi connectivity index (χ4v) is 4.05. The van der Waals surface area contributed by atoms with Crippen LogP contribution in [0.5, 0.6) is 11.5 Å². The van der Waals surface area contributed by atoms with Crippen molar-refractivity contribution in [2.45, 2.75) is 6.54 Å². The summed E-state index contributed by atoms with van der Waals surface area (Å²) in [6, 6.07) is 10.3. The number of benzene rings is 2. The standard InChI is InChI=1S/C21H16F2N2O4S/c1-27-16-7-3-6-14(19(16)28-2)20(26)25(11-13-5-4-8-29-13)21-24-18-15(23)9-12(22)10-17(18)30-21/h3-10H,11H2,1-2H3. The molecule has 0 atom stereocenters. The van der Waals surface area contributed by atoms with Crippen molar-refractivity contribution in [3.8, 4) is 11.5 Å². The molecule has 2 heterocycles. The van der Waals surface area contributed by atoms with Crippen LogP contribution in [-0.4, -0.2) is 25.1 Å². The lowest BCUT2D eigenvalue weighted by Crippen LogP contribution is -2.30. The Labute approximate surface area is 174 Å². The monoisotopic (exact) mass is 430 g/mol. The summed E-state index contributed by atoms with van der Waals surface area (Å²) in [5.41, 5.74) is 0.223. The number of hydrogen-bond acceptors (Lipinski definition) is 6. The zero-order chi connectivity index (χ0) is 21.3. The van der Waals surface area contributed by atoms with Crippen LogP contribution < -0.4 is 14.4 Å². The Bertz CT molecular complexity index is 1210. The van der Waals surface area contributed by atoms with Gasteiger partial charge in [-0.15, -0.1) is 0 Å². The van der Waals surface area contributed by atoms with Crippen LogP contribution in [0.25, 0.3) is 10.2 Å². The SMILES string of the molecule is COc1cccc(C(=O)N(Cc2ccco2)c2nc3c(F)cc(F)cc3s2)c1OC. The first-order valence-corrected chi connectivity index (χ1v) is 9.64. The molecule has 30 heavy (non-hydrogen) atoms. The van der Waals surface area contributed by atoms with Crippen LogP contribution in [0.15, 0.2) is 53.1 Å². The van der Waals surface area contributed by atoms with Gasteiger partial charge in [0.15, 0.2) is 22.4 Å². The third kappa shape index (κ3) is 3.59. The minimum absolute atomic E-state index is 0.00810. The van der Waals surface area contributed by atoms with Gasteiger partial charge in [-0.3, -0.25) is 9.69 Å². The third-order valence-electron chi connectivity index (χ3n) is 4.41. The molecule has 0 aliphatic rings. The number of methoxy groups -OCH3 is 2. The van der Waals surface area contributed by atoms with E-state index in [2.05, 4.69) is 4.98 Å². The van der Waals surface area contributed by atoms with Crippen LogP contribution in [0, 0.1) is 11.6 Å². The first kappa shape index (κ1) is 19.8. The molecule has 0 bridgehead atoms. The van der Waals surface area contributed by atoms with Crippen molar-refractivity contribution in [3.05, 3.63) is 71.7 Å². The molecule has 0 aliphatic heterocycles. The second-order valence-electron chi connectivity index (χ2n) is 6.24. The van der Waals surface area contributed by atoms with E-state index in [1.165, 1.54) is 31.4 Å². The quantitative estimate of drug-likeness (QED) is 0.429. The number of furan rings is 1. The average Bonchev–Trinajstić information content (AvgIpc) is 3.40. The van der Waals surface area contributed by atoms with Crippen molar-refractivity contribution in [1.29, 1.82) is 0 Å². The number of anilines is 1. The smallest absolute Gasteiger partial charge is 0.264 e. The van der Waals surface area contributed by atoms with E-state index in [1.807, 2.05) is 0 Å². The number of ether oxygens (including phenoxy) is 2. The fourth-order valence-electron chi connectivity index (χ4n) is 3.05. The number of hydrogen-bond donors (Lipinski definition) is 0. The third-order valence-corrected chi connectivity index (χ3v) is 5.43. The van der Waals surface area contributed by atoms with Gasteiger partial charge in [-0.1, -0.05) is 17.4 Å². The molecule has 1 amide bonds. The summed E-state index contributed by atoms with van der Waals surface area (Å²) in [6.45, 7) is 0.0378. The van der Waals surface area contributed by atoms with Crippen molar-refractivity contribution in [2.24, 2.45) is 0 Å². The van der Waals surface area contributed by atoms with Crippen molar-refractivity contribution >= 4 is 32.6 Å². The second-order valence-corrected chi connectivity index (χ2v) is 7.25. The predicted molar refractivity (Wildman–Crippen MR) is 108 cm³/mol. The summed E-state index contributed by atoms with van der Waals surface area (Å²) in [4.78, 5) is 19.1. The molecule has 0 fully saturated rings. The fraction of sp³-hybridized carbons (Fsp3) is 0.143. The number of thiazole rings is 1. The largest absolute Gasteiger partial charge is 0.493 e. The predicted octanol–water partition coefficient (Wildman–Crippen LogP) is 5.03. The van der Waals surface area contributed by atoms with E-state index in [4.69, 9.17) is 13.9 Å². The van der Waals surface area contributed by atoms with Crippen LogP contribution in [-0.2, 0) is 6.54 Å². The molecule has 9 heteroatoms. The summed E-state index contributed by atoms with van der Waals surface area (Å²) in [5.74, 6) is -0.824. The van der Waals surface area contributed by atoms with E-state index in [1.54, 1.807) is 30.3 Å². The molecule has 4 rings (SSSR count). The van der Waals surface area contributed by atoms with E-state index in [9.17, 15) is 13.6 Å². The van der Waals surface area contributed by atoms with Crippen LogP contribution >= 0.6 is 11.3 Å². The van der Waals surface area contributed by atoms with Crippen LogP contribution in [0.3, 0.4) is 0 Å². The maximum Gasteiger partial charge on any atom is 0.264 e. The molecule has 0 radical (unpaired) electrons.